The van der Waals surface area contributed by atoms with Crippen LogP contribution in [-0.4, -0.2) is 24.1 Å². The maximum atomic E-state index is 10.9. The number of nitro groups is 1. The molecular formula is C14H20N2O3. The van der Waals surface area contributed by atoms with E-state index in [0.29, 0.717) is 18.4 Å². The van der Waals surface area contributed by atoms with E-state index in [2.05, 4.69) is 5.32 Å². The first-order chi connectivity index (χ1) is 9.16. The van der Waals surface area contributed by atoms with E-state index in [4.69, 9.17) is 4.74 Å². The smallest absolute Gasteiger partial charge is 0.310 e. The molecule has 1 fully saturated rings. The van der Waals surface area contributed by atoms with Crippen molar-refractivity contribution in [1.29, 1.82) is 0 Å². The van der Waals surface area contributed by atoms with E-state index in [1.807, 2.05) is 6.92 Å². The topological polar surface area (TPSA) is 64.4 Å². The number of rotatable bonds is 5. The van der Waals surface area contributed by atoms with Crippen molar-refractivity contribution < 1.29 is 9.66 Å². The van der Waals surface area contributed by atoms with Crippen LogP contribution < -0.4 is 10.1 Å². The van der Waals surface area contributed by atoms with Crippen molar-refractivity contribution >= 4 is 5.69 Å². The quantitative estimate of drug-likeness (QED) is 0.656. The van der Waals surface area contributed by atoms with E-state index >= 15 is 0 Å². The number of nitrogens with zero attached hydrogens (tertiary/aromatic N) is 1. The highest BCUT2D eigenvalue weighted by Crippen LogP contribution is 2.28. The average Bonchev–Trinajstić information content (AvgIpc) is 2.39. The van der Waals surface area contributed by atoms with Gasteiger partial charge in [-0.3, -0.25) is 10.1 Å². The Balaban J connectivity index is 1.91. The van der Waals surface area contributed by atoms with Crippen molar-refractivity contribution in [2.75, 3.05) is 13.2 Å². The van der Waals surface area contributed by atoms with E-state index in [-0.39, 0.29) is 5.69 Å². The molecule has 1 aliphatic rings. The molecule has 0 aliphatic carbocycles. The van der Waals surface area contributed by atoms with Gasteiger partial charge in [0.15, 0.2) is 5.75 Å². The Hall–Kier alpha value is -1.62. The largest absolute Gasteiger partial charge is 0.487 e. The van der Waals surface area contributed by atoms with Gasteiger partial charge in [-0.2, -0.15) is 0 Å². The van der Waals surface area contributed by atoms with Crippen LogP contribution in [0, 0.1) is 17.0 Å². The summed E-state index contributed by atoms with van der Waals surface area (Å²) in [7, 11) is 0. The maximum Gasteiger partial charge on any atom is 0.310 e. The molecule has 0 aromatic heterocycles. The molecule has 1 aromatic rings. The van der Waals surface area contributed by atoms with Crippen LogP contribution >= 0.6 is 0 Å². The predicted octanol–water partition coefficient (Wildman–Crippen LogP) is 2.81. The predicted molar refractivity (Wildman–Crippen MR) is 73.6 cm³/mol. The van der Waals surface area contributed by atoms with Crippen LogP contribution in [-0.2, 0) is 0 Å². The number of benzene rings is 1. The summed E-state index contributed by atoms with van der Waals surface area (Å²) in [6.45, 7) is 3.48. The molecule has 2 rings (SSSR count). The summed E-state index contributed by atoms with van der Waals surface area (Å²) < 4.78 is 5.60. The van der Waals surface area contributed by atoms with Crippen LogP contribution in [0.4, 0.5) is 5.69 Å². The second kappa shape index (κ2) is 6.52. The van der Waals surface area contributed by atoms with E-state index in [1.165, 1.54) is 25.3 Å². The lowest BCUT2D eigenvalue weighted by atomic mass is 10.0. The fourth-order valence-electron chi connectivity index (χ4n) is 2.37. The number of nitrogens with one attached hydrogen (secondary N) is 1. The summed E-state index contributed by atoms with van der Waals surface area (Å²) in [5.41, 5.74) is 1.01. The molecular weight excluding hydrogens is 244 g/mol. The van der Waals surface area contributed by atoms with Gasteiger partial charge in [0.2, 0.25) is 0 Å². The lowest BCUT2D eigenvalue weighted by Gasteiger charge is -2.23. The van der Waals surface area contributed by atoms with Crippen molar-refractivity contribution in [3.63, 3.8) is 0 Å². The molecule has 0 amide bonds. The molecule has 1 N–H and O–H groups in total. The zero-order valence-electron chi connectivity index (χ0n) is 11.2. The second-order valence-electron chi connectivity index (χ2n) is 5.01. The summed E-state index contributed by atoms with van der Waals surface area (Å²) in [5, 5.41) is 14.4. The van der Waals surface area contributed by atoms with Gasteiger partial charge >= 0.3 is 5.69 Å². The van der Waals surface area contributed by atoms with Crippen LogP contribution in [0.5, 0.6) is 5.75 Å². The van der Waals surface area contributed by atoms with Gasteiger partial charge in [-0.05, 0) is 44.4 Å². The Bertz CT molecular complexity index is 442. The zero-order chi connectivity index (χ0) is 13.7. The second-order valence-corrected chi connectivity index (χ2v) is 5.01. The molecule has 1 saturated heterocycles. The molecule has 1 aromatic carbocycles. The maximum absolute atomic E-state index is 10.9. The Kier molecular flexibility index (Phi) is 4.74. The highest BCUT2D eigenvalue weighted by molar-refractivity contribution is 5.48. The van der Waals surface area contributed by atoms with E-state index in [1.54, 1.807) is 12.1 Å². The first kappa shape index (κ1) is 13.8. The van der Waals surface area contributed by atoms with Crippen molar-refractivity contribution in [2.24, 2.45) is 0 Å². The van der Waals surface area contributed by atoms with Crippen LogP contribution in [0.15, 0.2) is 18.2 Å². The fraction of sp³-hybridized carbons (Fsp3) is 0.571. The Morgan fingerprint density at radius 3 is 3.00 bits per heavy atom. The average molecular weight is 264 g/mol. The zero-order valence-corrected chi connectivity index (χ0v) is 11.2. The summed E-state index contributed by atoms with van der Waals surface area (Å²) in [6.07, 6.45) is 4.55. The van der Waals surface area contributed by atoms with Gasteiger partial charge in [-0.1, -0.05) is 12.5 Å². The van der Waals surface area contributed by atoms with Crippen molar-refractivity contribution in [3.05, 3.63) is 33.9 Å². The standard InChI is InChI=1S/C14H20N2O3/c1-11-5-6-13(16(17)18)14(10-11)19-9-7-12-4-2-3-8-15-12/h5-6,10,12,15H,2-4,7-9H2,1H3. The molecule has 0 bridgehead atoms. The molecule has 1 unspecified atom stereocenters. The van der Waals surface area contributed by atoms with Crippen LogP contribution in [0.2, 0.25) is 0 Å². The third kappa shape index (κ3) is 3.92. The minimum absolute atomic E-state index is 0.0437. The van der Waals surface area contributed by atoms with Crippen molar-refractivity contribution in [1.82, 2.24) is 5.32 Å². The molecule has 0 spiro atoms. The van der Waals surface area contributed by atoms with Gasteiger partial charge in [0.1, 0.15) is 0 Å². The van der Waals surface area contributed by atoms with Gasteiger partial charge in [0.05, 0.1) is 11.5 Å². The van der Waals surface area contributed by atoms with Crippen molar-refractivity contribution in [2.45, 2.75) is 38.6 Å². The highest BCUT2D eigenvalue weighted by Gasteiger charge is 2.16. The Morgan fingerprint density at radius 1 is 1.47 bits per heavy atom. The number of aryl methyl sites for hydroxylation is 1. The van der Waals surface area contributed by atoms with E-state index in [0.717, 1.165) is 18.5 Å². The molecule has 5 nitrogen and oxygen atoms in total. The molecule has 0 saturated carbocycles. The summed E-state index contributed by atoms with van der Waals surface area (Å²) >= 11 is 0. The van der Waals surface area contributed by atoms with Gasteiger partial charge in [0, 0.05) is 12.1 Å². The van der Waals surface area contributed by atoms with Crippen LogP contribution in [0.3, 0.4) is 0 Å². The monoisotopic (exact) mass is 264 g/mol. The lowest BCUT2D eigenvalue weighted by molar-refractivity contribution is -0.385. The molecule has 104 valence electrons. The highest BCUT2D eigenvalue weighted by atomic mass is 16.6. The molecule has 1 atom stereocenters. The molecule has 1 aliphatic heterocycles. The minimum atomic E-state index is -0.395. The van der Waals surface area contributed by atoms with Gasteiger partial charge in [-0.15, -0.1) is 0 Å². The Labute approximate surface area is 113 Å². The van der Waals surface area contributed by atoms with Crippen molar-refractivity contribution in [3.8, 4) is 5.75 Å². The SMILES string of the molecule is Cc1ccc([N+](=O)[O-])c(OCCC2CCCCN2)c1. The molecule has 0 radical (unpaired) electrons. The summed E-state index contributed by atoms with van der Waals surface area (Å²) in [6, 6.07) is 5.45. The first-order valence-corrected chi connectivity index (χ1v) is 6.78. The van der Waals surface area contributed by atoms with E-state index in [9.17, 15) is 10.1 Å². The summed E-state index contributed by atoms with van der Waals surface area (Å²) in [4.78, 5) is 10.5. The fourth-order valence-corrected chi connectivity index (χ4v) is 2.37. The molecule has 19 heavy (non-hydrogen) atoms. The number of hydrogen-bond donors (Lipinski definition) is 1. The third-order valence-electron chi connectivity index (χ3n) is 3.45. The van der Waals surface area contributed by atoms with Gasteiger partial charge < -0.3 is 10.1 Å². The lowest BCUT2D eigenvalue weighted by Crippen LogP contribution is -2.35. The number of piperidine rings is 1. The van der Waals surface area contributed by atoms with Gasteiger partial charge in [-0.25, -0.2) is 0 Å². The molecule has 1 heterocycles. The normalized spacial score (nSPS) is 19.1. The number of nitro benzene ring substituents is 1. The van der Waals surface area contributed by atoms with Crippen LogP contribution in [0.1, 0.15) is 31.2 Å². The Morgan fingerprint density at radius 2 is 2.32 bits per heavy atom. The van der Waals surface area contributed by atoms with Crippen LogP contribution in [0.25, 0.3) is 0 Å². The van der Waals surface area contributed by atoms with E-state index < -0.39 is 4.92 Å². The summed E-state index contributed by atoms with van der Waals surface area (Å²) in [5.74, 6) is 0.376. The van der Waals surface area contributed by atoms with Gasteiger partial charge in [0.25, 0.3) is 0 Å². The first-order valence-electron chi connectivity index (χ1n) is 6.78. The third-order valence-corrected chi connectivity index (χ3v) is 3.45. The number of ether oxygens (including phenoxy) is 1. The molecule has 5 heteroatoms. The minimum Gasteiger partial charge on any atom is -0.487 e. The number of hydrogen-bond acceptors (Lipinski definition) is 4.